The number of hydrogen-bond acceptors (Lipinski definition) is 5. The second kappa shape index (κ2) is 11.8. The van der Waals surface area contributed by atoms with E-state index in [0.717, 1.165) is 16.7 Å². The van der Waals surface area contributed by atoms with Gasteiger partial charge in [0.1, 0.15) is 18.1 Å². The molecule has 0 spiro atoms. The number of hydrazone groups is 1. The molecule has 7 heteroatoms. The summed E-state index contributed by atoms with van der Waals surface area (Å²) < 4.78 is 11.1. The van der Waals surface area contributed by atoms with Crippen molar-refractivity contribution in [3.63, 3.8) is 0 Å². The molecule has 0 aliphatic carbocycles. The summed E-state index contributed by atoms with van der Waals surface area (Å²) in [4.78, 5) is 24.6. The number of aryl methyl sites for hydroxylation is 1. The number of benzene rings is 4. The Labute approximate surface area is 214 Å². The molecule has 0 aliphatic rings. The fraction of sp³-hybridized carbons (Fsp3) is 0.0690. The Hall–Kier alpha value is -4.42. The van der Waals surface area contributed by atoms with Gasteiger partial charge >= 0.3 is 5.97 Å². The van der Waals surface area contributed by atoms with Crippen LogP contribution in [0.15, 0.2) is 102 Å². The van der Waals surface area contributed by atoms with Crippen molar-refractivity contribution in [2.75, 3.05) is 0 Å². The number of esters is 1. The van der Waals surface area contributed by atoms with E-state index in [0.29, 0.717) is 34.3 Å². The van der Waals surface area contributed by atoms with Gasteiger partial charge < -0.3 is 9.47 Å². The van der Waals surface area contributed by atoms with Gasteiger partial charge in [0.15, 0.2) is 0 Å². The van der Waals surface area contributed by atoms with Crippen LogP contribution in [0, 0.1) is 6.92 Å². The van der Waals surface area contributed by atoms with Gasteiger partial charge in [0, 0.05) is 10.6 Å². The minimum absolute atomic E-state index is 0.333. The summed E-state index contributed by atoms with van der Waals surface area (Å²) in [5.74, 6) is 0.376. The molecule has 0 saturated carbocycles. The van der Waals surface area contributed by atoms with E-state index in [2.05, 4.69) is 10.5 Å². The maximum atomic E-state index is 12.4. The molecule has 1 amide bonds. The van der Waals surface area contributed by atoms with E-state index in [1.807, 2.05) is 31.2 Å². The van der Waals surface area contributed by atoms with E-state index < -0.39 is 5.97 Å². The third kappa shape index (κ3) is 7.04. The molecule has 0 radical (unpaired) electrons. The molecule has 4 aromatic carbocycles. The number of carbonyl (C=O) groups excluding carboxylic acids is 2. The zero-order valence-electron chi connectivity index (χ0n) is 19.5. The van der Waals surface area contributed by atoms with Crippen molar-refractivity contribution >= 4 is 29.7 Å². The molecule has 6 nitrogen and oxygen atoms in total. The van der Waals surface area contributed by atoms with Crippen molar-refractivity contribution < 1.29 is 19.1 Å². The number of nitrogens with one attached hydrogen (secondary N) is 1. The smallest absolute Gasteiger partial charge is 0.343 e. The molecule has 0 aromatic heterocycles. The lowest BCUT2D eigenvalue weighted by Crippen LogP contribution is -2.17. The van der Waals surface area contributed by atoms with Crippen molar-refractivity contribution in [1.29, 1.82) is 0 Å². The topological polar surface area (TPSA) is 77.0 Å². The summed E-state index contributed by atoms with van der Waals surface area (Å²) in [5.41, 5.74) is 6.19. The number of nitrogens with zero attached hydrogens (tertiary/aromatic N) is 1. The van der Waals surface area contributed by atoms with Crippen molar-refractivity contribution in [2.45, 2.75) is 13.5 Å². The molecule has 0 unspecified atom stereocenters. The summed E-state index contributed by atoms with van der Waals surface area (Å²) in [7, 11) is 0. The van der Waals surface area contributed by atoms with Gasteiger partial charge in [0.25, 0.3) is 5.91 Å². The molecule has 0 saturated heterocycles. The second-order valence-corrected chi connectivity index (χ2v) is 8.40. The van der Waals surface area contributed by atoms with Gasteiger partial charge in [-0.1, -0.05) is 41.4 Å². The maximum Gasteiger partial charge on any atom is 0.343 e. The van der Waals surface area contributed by atoms with Crippen LogP contribution < -0.4 is 14.9 Å². The van der Waals surface area contributed by atoms with Gasteiger partial charge in [-0.15, -0.1) is 0 Å². The van der Waals surface area contributed by atoms with Gasteiger partial charge in [-0.3, -0.25) is 4.79 Å². The Morgan fingerprint density at radius 3 is 2.08 bits per heavy atom. The zero-order chi connectivity index (χ0) is 25.3. The molecule has 4 aromatic rings. The first-order chi connectivity index (χ1) is 17.5. The van der Waals surface area contributed by atoms with Crippen LogP contribution in [0.4, 0.5) is 0 Å². The summed E-state index contributed by atoms with van der Waals surface area (Å²) in [5, 5.41) is 4.65. The molecule has 0 atom stereocenters. The fourth-order valence-electron chi connectivity index (χ4n) is 3.16. The zero-order valence-corrected chi connectivity index (χ0v) is 20.2. The van der Waals surface area contributed by atoms with Crippen LogP contribution >= 0.6 is 11.6 Å². The first-order valence-electron chi connectivity index (χ1n) is 11.2. The Morgan fingerprint density at radius 2 is 1.42 bits per heavy atom. The van der Waals surface area contributed by atoms with Crippen LogP contribution in [0.25, 0.3) is 0 Å². The molecular weight excluding hydrogens is 476 g/mol. The highest BCUT2D eigenvalue weighted by molar-refractivity contribution is 6.30. The van der Waals surface area contributed by atoms with Crippen LogP contribution in [0.5, 0.6) is 11.5 Å². The third-order valence-electron chi connectivity index (χ3n) is 5.19. The van der Waals surface area contributed by atoms with Crippen molar-refractivity contribution in [3.05, 3.63) is 130 Å². The third-order valence-corrected chi connectivity index (χ3v) is 5.44. The van der Waals surface area contributed by atoms with Gasteiger partial charge in [-0.25, -0.2) is 10.2 Å². The minimum atomic E-state index is -0.425. The number of ether oxygens (including phenoxy) is 2. The lowest BCUT2D eigenvalue weighted by molar-refractivity contribution is 0.0734. The number of rotatable bonds is 8. The highest BCUT2D eigenvalue weighted by atomic mass is 35.5. The van der Waals surface area contributed by atoms with Gasteiger partial charge in [-0.2, -0.15) is 5.10 Å². The van der Waals surface area contributed by atoms with Gasteiger partial charge in [0.2, 0.25) is 0 Å². The summed E-state index contributed by atoms with van der Waals surface area (Å²) >= 11 is 5.87. The monoisotopic (exact) mass is 498 g/mol. The van der Waals surface area contributed by atoms with Gasteiger partial charge in [0.05, 0.1) is 11.8 Å². The highest BCUT2D eigenvalue weighted by Gasteiger charge is 2.08. The summed E-state index contributed by atoms with van der Waals surface area (Å²) in [6.07, 6.45) is 1.51. The van der Waals surface area contributed by atoms with Crippen LogP contribution in [0.1, 0.15) is 37.4 Å². The molecule has 1 N–H and O–H groups in total. The summed E-state index contributed by atoms with van der Waals surface area (Å²) in [6, 6.07) is 28.2. The lowest BCUT2D eigenvalue weighted by Gasteiger charge is -2.07. The number of hydrogen-bond donors (Lipinski definition) is 1. The molecular formula is C29H23ClN2O4. The average Bonchev–Trinajstić information content (AvgIpc) is 2.90. The Balaban J connectivity index is 1.25. The predicted molar refractivity (Wildman–Crippen MR) is 140 cm³/mol. The minimum Gasteiger partial charge on any atom is -0.489 e. The largest absolute Gasteiger partial charge is 0.489 e. The average molecular weight is 499 g/mol. The van der Waals surface area contributed by atoms with Crippen LogP contribution in [0.3, 0.4) is 0 Å². The van der Waals surface area contributed by atoms with E-state index in [1.54, 1.807) is 72.8 Å². The van der Waals surface area contributed by atoms with Crippen LogP contribution in [-0.4, -0.2) is 18.1 Å². The normalized spacial score (nSPS) is 10.7. The van der Waals surface area contributed by atoms with Crippen LogP contribution in [-0.2, 0) is 6.61 Å². The Morgan fingerprint density at radius 1 is 0.806 bits per heavy atom. The first kappa shape index (κ1) is 24.7. The number of carbonyl (C=O) groups is 2. The van der Waals surface area contributed by atoms with E-state index in [4.69, 9.17) is 21.1 Å². The SMILES string of the molecule is Cc1ccc(C(=O)Oc2ccc(C=NNC(=O)c3ccc(COc4ccc(Cl)cc4)cc3)cc2)cc1. The quantitative estimate of drug-likeness (QED) is 0.135. The van der Waals surface area contributed by atoms with E-state index in [1.165, 1.54) is 6.21 Å². The van der Waals surface area contributed by atoms with Crippen LogP contribution in [0.2, 0.25) is 5.02 Å². The molecule has 0 heterocycles. The molecule has 36 heavy (non-hydrogen) atoms. The summed E-state index contributed by atoms with van der Waals surface area (Å²) in [6.45, 7) is 2.33. The standard InChI is InChI=1S/C29H23ClN2O4/c1-20-2-8-24(9-3-20)29(34)36-27-14-6-21(7-15-27)18-31-32-28(33)23-10-4-22(5-11-23)19-35-26-16-12-25(30)13-17-26/h2-18H,19H2,1H3,(H,32,33). The van der Waals surface area contributed by atoms with Gasteiger partial charge in [-0.05, 0) is 90.8 Å². The highest BCUT2D eigenvalue weighted by Crippen LogP contribution is 2.17. The molecule has 0 bridgehead atoms. The molecule has 4 rings (SSSR count). The van der Waals surface area contributed by atoms with Crippen molar-refractivity contribution in [2.24, 2.45) is 5.10 Å². The molecule has 0 aliphatic heterocycles. The fourth-order valence-corrected chi connectivity index (χ4v) is 3.28. The molecule has 180 valence electrons. The van der Waals surface area contributed by atoms with E-state index in [9.17, 15) is 9.59 Å². The van der Waals surface area contributed by atoms with E-state index in [-0.39, 0.29) is 5.91 Å². The Bertz CT molecular complexity index is 1350. The first-order valence-corrected chi connectivity index (χ1v) is 11.5. The van der Waals surface area contributed by atoms with Crippen molar-refractivity contribution in [1.82, 2.24) is 5.43 Å². The second-order valence-electron chi connectivity index (χ2n) is 7.96. The maximum absolute atomic E-state index is 12.4. The van der Waals surface area contributed by atoms with E-state index >= 15 is 0 Å². The molecule has 0 fully saturated rings. The van der Waals surface area contributed by atoms with Crippen molar-refractivity contribution in [3.8, 4) is 11.5 Å². The number of halogens is 1. The number of amides is 1. The Kier molecular flexibility index (Phi) is 8.11. The lowest BCUT2D eigenvalue weighted by atomic mass is 10.1. The predicted octanol–water partition coefficient (Wildman–Crippen LogP) is 6.21.